The predicted octanol–water partition coefficient (Wildman–Crippen LogP) is 3.47. The normalized spacial score (nSPS) is 10.6. The number of hydrazine groups is 1. The van der Waals surface area contributed by atoms with Crippen molar-refractivity contribution in [1.82, 2.24) is 25.2 Å². The van der Waals surface area contributed by atoms with Crippen LogP contribution in [0, 0.1) is 12.3 Å². The van der Waals surface area contributed by atoms with Gasteiger partial charge in [0.15, 0.2) is 12.4 Å². The number of aryl methyl sites for hydroxylation is 1. The van der Waals surface area contributed by atoms with Gasteiger partial charge in [-0.25, -0.2) is 28.3 Å². The number of methoxy groups -OCH3 is 1. The smallest absolute Gasteiger partial charge is 0.428 e. The number of hydrogen-bond donors (Lipinski definition) is 3. The van der Waals surface area contributed by atoms with Crippen LogP contribution in [0.3, 0.4) is 0 Å². The van der Waals surface area contributed by atoms with E-state index in [-0.39, 0.29) is 33.7 Å². The van der Waals surface area contributed by atoms with Crippen LogP contribution in [0.2, 0.25) is 5.02 Å². The van der Waals surface area contributed by atoms with Crippen molar-refractivity contribution in [2.24, 2.45) is 0 Å². The molecule has 0 saturated carbocycles. The van der Waals surface area contributed by atoms with Crippen LogP contribution in [0.15, 0.2) is 36.5 Å². The highest BCUT2D eigenvalue weighted by Crippen LogP contribution is 2.26. The van der Waals surface area contributed by atoms with E-state index in [1.54, 1.807) is 19.1 Å². The molecule has 0 aliphatic heterocycles. The van der Waals surface area contributed by atoms with Gasteiger partial charge < -0.3 is 20.2 Å². The van der Waals surface area contributed by atoms with Crippen LogP contribution in [0.5, 0.6) is 5.88 Å². The Balaban J connectivity index is 2.04. The molecular formula is C23H22ClF2N7O5. The Morgan fingerprint density at radius 1 is 1.26 bits per heavy atom. The topological polar surface area (TPSA) is 152 Å². The Morgan fingerprint density at radius 2 is 2.00 bits per heavy atom. The second-order valence-corrected chi connectivity index (χ2v) is 8.03. The fourth-order valence-corrected chi connectivity index (χ4v) is 3.45. The maximum absolute atomic E-state index is 13.4. The number of carbonyl (C=O) groups excluding carboxylic acids is 3. The molecule has 12 nitrogen and oxygen atoms in total. The van der Waals surface area contributed by atoms with E-state index in [2.05, 4.69) is 25.6 Å². The minimum atomic E-state index is -2.78. The van der Waals surface area contributed by atoms with Crippen molar-refractivity contribution < 1.29 is 32.6 Å². The number of pyridine rings is 1. The van der Waals surface area contributed by atoms with E-state index < -0.39 is 30.9 Å². The van der Waals surface area contributed by atoms with E-state index in [1.807, 2.05) is 0 Å². The zero-order valence-corrected chi connectivity index (χ0v) is 21.0. The van der Waals surface area contributed by atoms with Crippen LogP contribution in [-0.2, 0) is 4.74 Å². The Morgan fingerprint density at radius 3 is 2.63 bits per heavy atom. The van der Waals surface area contributed by atoms with Gasteiger partial charge in [0, 0.05) is 25.5 Å². The zero-order valence-electron chi connectivity index (χ0n) is 20.3. The molecule has 15 heteroatoms. The quantitative estimate of drug-likeness (QED) is 0.287. The summed E-state index contributed by atoms with van der Waals surface area (Å²) in [6.45, 7) is 0.629. The Kier molecular flexibility index (Phi) is 8.91. The third-order valence-electron chi connectivity index (χ3n) is 4.94. The summed E-state index contributed by atoms with van der Waals surface area (Å²) in [5, 5.41) is 15.1. The Bertz CT molecular complexity index is 1380. The predicted molar refractivity (Wildman–Crippen MR) is 133 cm³/mol. The van der Waals surface area contributed by atoms with E-state index in [0.717, 1.165) is 29.1 Å². The van der Waals surface area contributed by atoms with Gasteiger partial charge in [0.05, 0.1) is 23.4 Å². The molecule has 0 atom stereocenters. The van der Waals surface area contributed by atoms with Crippen molar-refractivity contribution in [1.29, 1.82) is 5.41 Å². The SMILES string of the molecule is COC(=O)N(C)NC(=O)c1cc(C=N)cc(C)c1NC(=O)c1cc(OCC(F)F)nn1-c1ncccc1Cl. The number of halogens is 3. The molecule has 1 aromatic carbocycles. The highest BCUT2D eigenvalue weighted by molar-refractivity contribution is 6.32. The van der Waals surface area contributed by atoms with Gasteiger partial charge >= 0.3 is 6.09 Å². The number of hydrogen-bond acceptors (Lipinski definition) is 8. The Labute approximate surface area is 220 Å². The van der Waals surface area contributed by atoms with Gasteiger partial charge in [-0.1, -0.05) is 11.6 Å². The molecule has 2 heterocycles. The molecule has 0 aliphatic rings. The first-order valence-electron chi connectivity index (χ1n) is 10.8. The molecule has 0 fully saturated rings. The van der Waals surface area contributed by atoms with E-state index in [4.69, 9.17) is 21.7 Å². The average molecular weight is 550 g/mol. The maximum atomic E-state index is 13.4. The molecule has 3 aromatic rings. The van der Waals surface area contributed by atoms with E-state index in [9.17, 15) is 23.2 Å². The van der Waals surface area contributed by atoms with Crippen molar-refractivity contribution in [3.8, 4) is 11.7 Å². The lowest BCUT2D eigenvalue weighted by Gasteiger charge is -2.19. The number of nitrogens with zero attached hydrogens (tertiary/aromatic N) is 4. The highest BCUT2D eigenvalue weighted by Gasteiger charge is 2.24. The first-order valence-corrected chi connectivity index (χ1v) is 11.1. The van der Waals surface area contributed by atoms with Crippen LogP contribution >= 0.6 is 11.6 Å². The standard InChI is InChI=1S/C23H22ClF2N7O5/c1-12-7-13(10-27)8-14(21(34)31-32(2)23(36)37-3)19(12)29-22(35)16-9-18(38-11-17(25)26)30-33(16)20-15(24)5-4-6-28-20/h4-10,17,27H,11H2,1-3H3,(H,29,35)(H,31,34). The molecule has 3 N–H and O–H groups in total. The molecule has 2 aromatic heterocycles. The van der Waals surface area contributed by atoms with Gasteiger partial charge in [0.1, 0.15) is 5.69 Å². The summed E-state index contributed by atoms with van der Waals surface area (Å²) in [6.07, 6.45) is -1.24. The number of aromatic nitrogens is 3. The van der Waals surface area contributed by atoms with Crippen molar-refractivity contribution in [2.45, 2.75) is 13.3 Å². The summed E-state index contributed by atoms with van der Waals surface area (Å²) >= 11 is 6.21. The fourth-order valence-electron chi connectivity index (χ4n) is 3.25. The molecule has 38 heavy (non-hydrogen) atoms. The van der Waals surface area contributed by atoms with Crippen molar-refractivity contribution in [2.75, 3.05) is 26.1 Å². The van der Waals surface area contributed by atoms with Crippen LogP contribution in [-0.4, -0.2) is 71.1 Å². The summed E-state index contributed by atoms with van der Waals surface area (Å²) in [4.78, 5) is 42.2. The highest BCUT2D eigenvalue weighted by atomic mass is 35.5. The van der Waals surface area contributed by atoms with Gasteiger partial charge in [-0.3, -0.25) is 15.0 Å². The molecule has 3 amide bonds. The minimum absolute atomic E-state index is 0.0276. The molecular weight excluding hydrogens is 528 g/mol. The number of anilines is 1. The summed E-state index contributed by atoms with van der Waals surface area (Å²) in [6, 6.07) is 7.05. The van der Waals surface area contributed by atoms with Crippen LogP contribution in [0.4, 0.5) is 19.3 Å². The van der Waals surface area contributed by atoms with Gasteiger partial charge in [-0.15, -0.1) is 5.10 Å². The molecule has 0 bridgehead atoms. The summed E-state index contributed by atoms with van der Waals surface area (Å²) < 4.78 is 35.9. The molecule has 0 spiro atoms. The van der Waals surface area contributed by atoms with Gasteiger partial charge in [-0.05, 0) is 42.3 Å². The number of rotatable bonds is 8. The lowest BCUT2D eigenvalue weighted by molar-refractivity contribution is 0.0767. The van der Waals surface area contributed by atoms with E-state index in [1.165, 1.54) is 25.4 Å². The average Bonchev–Trinajstić information content (AvgIpc) is 3.32. The molecule has 200 valence electrons. The largest absolute Gasteiger partial charge is 0.471 e. The number of carbonyl (C=O) groups is 3. The van der Waals surface area contributed by atoms with Gasteiger partial charge in [0.25, 0.3) is 18.2 Å². The molecule has 3 rings (SSSR count). The van der Waals surface area contributed by atoms with Crippen molar-refractivity contribution in [3.63, 3.8) is 0 Å². The van der Waals surface area contributed by atoms with E-state index >= 15 is 0 Å². The van der Waals surface area contributed by atoms with Crippen molar-refractivity contribution in [3.05, 3.63) is 63.9 Å². The first-order chi connectivity index (χ1) is 18.0. The summed E-state index contributed by atoms with van der Waals surface area (Å²) in [5.74, 6) is -1.86. The van der Waals surface area contributed by atoms with Crippen LogP contribution in [0.1, 0.15) is 32.0 Å². The second-order valence-electron chi connectivity index (χ2n) is 7.62. The molecule has 0 aliphatic carbocycles. The monoisotopic (exact) mass is 549 g/mol. The zero-order chi connectivity index (χ0) is 28.0. The molecule has 0 saturated heterocycles. The third-order valence-corrected chi connectivity index (χ3v) is 5.24. The number of ether oxygens (including phenoxy) is 2. The minimum Gasteiger partial charge on any atom is -0.471 e. The summed E-state index contributed by atoms with van der Waals surface area (Å²) in [7, 11) is 2.39. The third kappa shape index (κ3) is 6.39. The summed E-state index contributed by atoms with van der Waals surface area (Å²) in [5.41, 5.74) is 2.84. The number of alkyl halides is 2. The number of nitrogens with one attached hydrogen (secondary N) is 3. The Hall–Kier alpha value is -4.59. The van der Waals surface area contributed by atoms with Crippen LogP contribution < -0.4 is 15.5 Å². The van der Waals surface area contributed by atoms with Gasteiger partial charge in [-0.2, -0.15) is 0 Å². The lowest BCUT2D eigenvalue weighted by atomic mass is 10.0. The van der Waals surface area contributed by atoms with E-state index in [0.29, 0.717) is 11.1 Å². The van der Waals surface area contributed by atoms with Crippen LogP contribution in [0.25, 0.3) is 5.82 Å². The number of amides is 3. The van der Waals surface area contributed by atoms with Crippen molar-refractivity contribution >= 4 is 41.4 Å². The fraction of sp³-hybridized carbons (Fsp3) is 0.217. The second kappa shape index (κ2) is 12.1. The molecule has 0 radical (unpaired) electrons. The number of benzene rings is 1. The first kappa shape index (κ1) is 28.0. The lowest BCUT2D eigenvalue weighted by Crippen LogP contribution is -2.43. The maximum Gasteiger partial charge on any atom is 0.428 e. The molecule has 0 unspecified atom stereocenters. The van der Waals surface area contributed by atoms with Gasteiger partial charge in [0.2, 0.25) is 5.88 Å².